The Labute approximate surface area is 191 Å². The number of nitro groups is 1. The fraction of sp³-hybridized carbons (Fsp3) is 0.182. The number of hydrogen-bond acceptors (Lipinski definition) is 9. The number of aromatic nitrogens is 2. The summed E-state index contributed by atoms with van der Waals surface area (Å²) in [6, 6.07) is 11.0. The van der Waals surface area contributed by atoms with Crippen molar-refractivity contribution in [3.63, 3.8) is 0 Å². The smallest absolute Gasteiger partial charge is 0.348 e. The fourth-order valence-corrected chi connectivity index (χ4v) is 4.12. The summed E-state index contributed by atoms with van der Waals surface area (Å²) in [5.41, 5.74) is -0.221. The van der Waals surface area contributed by atoms with Gasteiger partial charge in [0.05, 0.1) is 20.7 Å². The van der Waals surface area contributed by atoms with Gasteiger partial charge in [-0.15, -0.1) is 0 Å². The summed E-state index contributed by atoms with van der Waals surface area (Å²) >= 11 is 0.960. The lowest BCUT2D eigenvalue weighted by Gasteiger charge is -2.29. The molecule has 1 aliphatic rings. The maximum absolute atomic E-state index is 12.6. The molecule has 1 aromatic heterocycles. The number of para-hydroxylation sites is 1. The van der Waals surface area contributed by atoms with Gasteiger partial charge in [0, 0.05) is 27.0 Å². The normalized spacial score (nSPS) is 15.2. The van der Waals surface area contributed by atoms with Gasteiger partial charge < -0.3 is 9.47 Å². The topological polar surface area (TPSA) is 131 Å². The van der Waals surface area contributed by atoms with Gasteiger partial charge in [0.2, 0.25) is 0 Å². The molecule has 0 N–H and O–H groups in total. The van der Waals surface area contributed by atoms with Gasteiger partial charge in [-0.25, -0.2) is 14.6 Å². The van der Waals surface area contributed by atoms with Gasteiger partial charge in [-0.3, -0.25) is 19.5 Å². The number of carbonyl (C=O) groups is 2. The van der Waals surface area contributed by atoms with Gasteiger partial charge in [-0.1, -0.05) is 18.2 Å². The van der Waals surface area contributed by atoms with E-state index in [1.165, 1.54) is 49.7 Å². The van der Waals surface area contributed by atoms with Crippen molar-refractivity contribution in [3.05, 3.63) is 74.1 Å². The van der Waals surface area contributed by atoms with E-state index >= 15 is 0 Å². The summed E-state index contributed by atoms with van der Waals surface area (Å²) in [4.78, 5) is 52.8. The molecule has 1 saturated heterocycles. The molecule has 11 heteroatoms. The number of nitrogens with zero attached hydrogens (tertiary/aromatic N) is 3. The molecule has 4 rings (SSSR count). The second-order valence-corrected chi connectivity index (χ2v) is 8.61. The Morgan fingerprint density at radius 3 is 2.42 bits per heavy atom. The molecular formula is C22H17N3O7S. The van der Waals surface area contributed by atoms with Crippen LogP contribution >= 0.6 is 11.8 Å². The maximum Gasteiger partial charge on any atom is 0.348 e. The lowest BCUT2D eigenvalue weighted by atomic mass is 10.1. The van der Waals surface area contributed by atoms with E-state index in [2.05, 4.69) is 4.98 Å². The van der Waals surface area contributed by atoms with Crippen molar-refractivity contribution >= 4 is 46.4 Å². The Bertz CT molecular complexity index is 1400. The average molecular weight is 467 g/mol. The van der Waals surface area contributed by atoms with Crippen LogP contribution in [0, 0.1) is 10.1 Å². The minimum Gasteiger partial charge on any atom is -0.419 e. The number of nitro benzene ring substituents is 1. The first-order valence-electron chi connectivity index (χ1n) is 9.66. The third-order valence-corrected chi connectivity index (χ3v) is 5.86. The third-order valence-electron chi connectivity index (χ3n) is 4.75. The molecule has 0 bridgehead atoms. The summed E-state index contributed by atoms with van der Waals surface area (Å²) in [6.45, 7) is 2.84. The Kier molecular flexibility index (Phi) is 5.50. The predicted octanol–water partition coefficient (Wildman–Crippen LogP) is 3.21. The summed E-state index contributed by atoms with van der Waals surface area (Å²) in [5, 5.41) is 12.4. The van der Waals surface area contributed by atoms with Crippen LogP contribution in [0.5, 0.6) is 0 Å². The zero-order valence-electron chi connectivity index (χ0n) is 17.7. The number of rotatable bonds is 4. The van der Waals surface area contributed by atoms with Crippen LogP contribution in [0.2, 0.25) is 0 Å². The van der Waals surface area contributed by atoms with Gasteiger partial charge in [-0.2, -0.15) is 0 Å². The number of esters is 2. The maximum atomic E-state index is 12.6. The monoisotopic (exact) mass is 467 g/mol. The molecule has 0 unspecified atom stereocenters. The number of fused-ring (bicyclic) bond motifs is 1. The second kappa shape index (κ2) is 8.17. The van der Waals surface area contributed by atoms with Crippen LogP contribution in [-0.4, -0.2) is 32.2 Å². The molecular weight excluding hydrogens is 450 g/mol. The van der Waals surface area contributed by atoms with E-state index in [4.69, 9.17) is 9.47 Å². The van der Waals surface area contributed by atoms with E-state index in [0.717, 1.165) is 11.8 Å². The highest BCUT2D eigenvalue weighted by atomic mass is 32.2. The predicted molar refractivity (Wildman–Crippen MR) is 118 cm³/mol. The van der Waals surface area contributed by atoms with Crippen LogP contribution in [0.1, 0.15) is 19.4 Å². The van der Waals surface area contributed by atoms with Crippen LogP contribution in [0.4, 0.5) is 5.69 Å². The Balaban J connectivity index is 1.72. The van der Waals surface area contributed by atoms with Crippen molar-refractivity contribution in [3.8, 4) is 0 Å². The lowest BCUT2D eigenvalue weighted by molar-refractivity contribution is -0.387. The number of cyclic esters (lactones) is 2. The van der Waals surface area contributed by atoms with Crippen LogP contribution in [0.3, 0.4) is 0 Å². The summed E-state index contributed by atoms with van der Waals surface area (Å²) in [6.07, 6.45) is 1.17. The molecule has 0 aliphatic carbocycles. The summed E-state index contributed by atoms with van der Waals surface area (Å²) in [5.74, 6) is -3.15. The SMILES string of the molecule is Cn1c(Sc2ccc(C=C3C(=O)OC(C)(C)OC3=O)cc2[N+](=O)[O-])nc2ccccc2c1=O. The minimum absolute atomic E-state index is 0.231. The van der Waals surface area contributed by atoms with Crippen molar-refractivity contribution in [2.24, 2.45) is 7.05 Å². The highest BCUT2D eigenvalue weighted by Gasteiger charge is 2.39. The van der Waals surface area contributed by atoms with Crippen molar-refractivity contribution in [2.45, 2.75) is 29.7 Å². The zero-order valence-corrected chi connectivity index (χ0v) is 18.5. The van der Waals surface area contributed by atoms with Gasteiger partial charge in [0.25, 0.3) is 17.0 Å². The first kappa shape index (κ1) is 22.2. The molecule has 1 aliphatic heterocycles. The van der Waals surface area contributed by atoms with Crippen molar-refractivity contribution < 1.29 is 24.0 Å². The number of ether oxygens (including phenoxy) is 2. The summed E-state index contributed by atoms with van der Waals surface area (Å²) < 4.78 is 11.4. The summed E-state index contributed by atoms with van der Waals surface area (Å²) in [7, 11) is 1.54. The molecule has 1 fully saturated rings. The fourth-order valence-electron chi connectivity index (χ4n) is 3.19. The van der Waals surface area contributed by atoms with Gasteiger partial charge in [0.15, 0.2) is 5.16 Å². The highest BCUT2D eigenvalue weighted by molar-refractivity contribution is 7.99. The Morgan fingerprint density at radius 1 is 1.09 bits per heavy atom. The molecule has 10 nitrogen and oxygen atoms in total. The van der Waals surface area contributed by atoms with E-state index in [9.17, 15) is 24.5 Å². The van der Waals surface area contributed by atoms with Crippen LogP contribution in [-0.2, 0) is 26.1 Å². The average Bonchev–Trinajstić information content (AvgIpc) is 2.74. The van der Waals surface area contributed by atoms with Crippen molar-refractivity contribution in [1.29, 1.82) is 0 Å². The molecule has 2 heterocycles. The molecule has 0 spiro atoms. The van der Waals surface area contributed by atoms with Gasteiger partial charge in [-0.05, 0) is 41.6 Å². The van der Waals surface area contributed by atoms with E-state index in [1.54, 1.807) is 24.3 Å². The first-order valence-corrected chi connectivity index (χ1v) is 10.5. The molecule has 0 amide bonds. The molecule has 0 radical (unpaired) electrons. The van der Waals surface area contributed by atoms with E-state index in [1.807, 2.05) is 0 Å². The lowest BCUT2D eigenvalue weighted by Crippen LogP contribution is -2.41. The van der Waals surface area contributed by atoms with E-state index in [-0.39, 0.29) is 32.4 Å². The third kappa shape index (κ3) is 4.35. The van der Waals surface area contributed by atoms with Gasteiger partial charge in [0.1, 0.15) is 5.57 Å². The quantitative estimate of drug-likeness (QED) is 0.142. The second-order valence-electron chi connectivity index (χ2n) is 7.60. The molecule has 0 atom stereocenters. The standard InChI is InChI=1S/C22H17N3O7S/c1-22(2)31-19(27)14(20(28)32-22)10-12-8-9-17(16(11-12)25(29)30)33-21-23-15-7-5-4-6-13(15)18(26)24(21)3/h4-11H,1-3H3. The molecule has 0 saturated carbocycles. The zero-order chi connectivity index (χ0) is 23.9. The molecule has 2 aromatic carbocycles. The minimum atomic E-state index is -1.39. The number of carbonyl (C=O) groups excluding carboxylic acids is 2. The van der Waals surface area contributed by atoms with Crippen LogP contribution in [0.15, 0.2) is 62.9 Å². The van der Waals surface area contributed by atoms with E-state index < -0.39 is 22.6 Å². The molecule has 168 valence electrons. The highest BCUT2D eigenvalue weighted by Crippen LogP contribution is 2.35. The number of benzene rings is 2. The van der Waals surface area contributed by atoms with E-state index in [0.29, 0.717) is 10.9 Å². The Morgan fingerprint density at radius 2 is 1.76 bits per heavy atom. The number of hydrogen-bond donors (Lipinski definition) is 0. The molecule has 3 aromatic rings. The van der Waals surface area contributed by atoms with Crippen molar-refractivity contribution in [1.82, 2.24) is 9.55 Å². The van der Waals surface area contributed by atoms with Crippen LogP contribution < -0.4 is 5.56 Å². The Hall–Kier alpha value is -3.99. The molecule has 33 heavy (non-hydrogen) atoms. The largest absolute Gasteiger partial charge is 0.419 e. The first-order chi connectivity index (χ1) is 15.6. The van der Waals surface area contributed by atoms with Gasteiger partial charge >= 0.3 is 11.9 Å². The van der Waals surface area contributed by atoms with Crippen molar-refractivity contribution in [2.75, 3.05) is 0 Å². The van der Waals surface area contributed by atoms with Crippen LogP contribution in [0.25, 0.3) is 17.0 Å².